The van der Waals surface area contributed by atoms with Crippen molar-refractivity contribution in [2.45, 2.75) is 12.3 Å². The second-order valence-electron chi connectivity index (χ2n) is 3.53. The van der Waals surface area contributed by atoms with E-state index >= 15 is 0 Å². The molecule has 0 aromatic heterocycles. The molecule has 0 radical (unpaired) electrons. The molecule has 0 saturated carbocycles. The smallest absolute Gasteiger partial charge is 0.411 e. The van der Waals surface area contributed by atoms with E-state index in [0.29, 0.717) is 10.8 Å². The molecule has 0 heterocycles. The Morgan fingerprint density at radius 3 is 2.50 bits per heavy atom. The van der Waals surface area contributed by atoms with Crippen LogP contribution >= 0.6 is 11.6 Å². The lowest BCUT2D eigenvalue weighted by atomic mass is 10.3. The third-order valence-electron chi connectivity index (χ3n) is 1.84. The molecule has 18 heavy (non-hydrogen) atoms. The molecule has 1 atom stereocenters. The summed E-state index contributed by atoms with van der Waals surface area (Å²) in [6.07, 6.45) is -5.55. The van der Waals surface area contributed by atoms with Gasteiger partial charge in [0.2, 0.25) is 0 Å². The van der Waals surface area contributed by atoms with Gasteiger partial charge in [-0.2, -0.15) is 13.2 Å². The van der Waals surface area contributed by atoms with Crippen LogP contribution in [-0.2, 0) is 4.74 Å². The monoisotopic (exact) mass is 284 g/mol. The molecule has 0 aliphatic carbocycles. The van der Waals surface area contributed by atoms with Crippen LogP contribution < -0.4 is 4.74 Å². The molecule has 1 aromatic carbocycles. The van der Waals surface area contributed by atoms with Gasteiger partial charge in [0, 0.05) is 0 Å². The lowest BCUT2D eigenvalue weighted by Crippen LogP contribution is -2.27. The fraction of sp³-hybridized carbons (Fsp3) is 0.455. The normalized spacial score (nSPS) is 13.4. The quantitative estimate of drug-likeness (QED) is 0.873. The van der Waals surface area contributed by atoms with Gasteiger partial charge < -0.3 is 14.6 Å². The minimum atomic E-state index is -4.40. The molecule has 1 aromatic rings. The van der Waals surface area contributed by atoms with E-state index in [1.54, 1.807) is 24.3 Å². The van der Waals surface area contributed by atoms with Gasteiger partial charge in [-0.25, -0.2) is 0 Å². The van der Waals surface area contributed by atoms with Crippen LogP contribution in [0.5, 0.6) is 5.75 Å². The minimum Gasteiger partial charge on any atom is -0.489 e. The zero-order chi connectivity index (χ0) is 13.6. The van der Waals surface area contributed by atoms with Gasteiger partial charge in [0.1, 0.15) is 25.1 Å². The van der Waals surface area contributed by atoms with E-state index in [0.717, 1.165) is 0 Å². The molecule has 1 rings (SSSR count). The average molecular weight is 285 g/mol. The lowest BCUT2D eigenvalue weighted by molar-refractivity contribution is -0.179. The summed E-state index contributed by atoms with van der Waals surface area (Å²) in [7, 11) is 0. The first-order valence-corrected chi connectivity index (χ1v) is 5.46. The summed E-state index contributed by atoms with van der Waals surface area (Å²) < 4.78 is 44.7. The first-order valence-electron chi connectivity index (χ1n) is 5.08. The van der Waals surface area contributed by atoms with Crippen molar-refractivity contribution in [1.29, 1.82) is 0 Å². The molecule has 7 heteroatoms. The van der Waals surface area contributed by atoms with Crippen LogP contribution in [0.2, 0.25) is 5.02 Å². The van der Waals surface area contributed by atoms with Gasteiger partial charge in [0.05, 0.1) is 11.6 Å². The summed E-state index contributed by atoms with van der Waals surface area (Å²) in [6.45, 7) is -2.04. The number of benzene rings is 1. The Morgan fingerprint density at radius 2 is 1.89 bits per heavy atom. The van der Waals surface area contributed by atoms with Crippen molar-refractivity contribution < 1.29 is 27.8 Å². The van der Waals surface area contributed by atoms with Gasteiger partial charge in [0.15, 0.2) is 0 Å². The van der Waals surface area contributed by atoms with E-state index in [4.69, 9.17) is 16.3 Å². The highest BCUT2D eigenvalue weighted by Gasteiger charge is 2.27. The standard InChI is InChI=1S/C11H12ClF3O3/c12-9-3-1-2-4-10(9)18-6-8(16)5-17-7-11(13,14)15/h1-4,8,16H,5-7H2. The summed E-state index contributed by atoms with van der Waals surface area (Å²) in [5.74, 6) is 0.356. The largest absolute Gasteiger partial charge is 0.489 e. The highest BCUT2D eigenvalue weighted by Crippen LogP contribution is 2.23. The Morgan fingerprint density at radius 1 is 1.22 bits per heavy atom. The van der Waals surface area contributed by atoms with E-state index in [2.05, 4.69) is 4.74 Å². The Kier molecular flexibility index (Phi) is 5.71. The summed E-state index contributed by atoms with van der Waals surface area (Å²) >= 11 is 5.79. The summed E-state index contributed by atoms with van der Waals surface area (Å²) in [4.78, 5) is 0. The summed E-state index contributed by atoms with van der Waals surface area (Å²) in [5, 5.41) is 9.70. The topological polar surface area (TPSA) is 38.7 Å². The predicted molar refractivity (Wildman–Crippen MR) is 59.8 cm³/mol. The maximum absolute atomic E-state index is 11.8. The van der Waals surface area contributed by atoms with Gasteiger partial charge in [-0.3, -0.25) is 0 Å². The average Bonchev–Trinajstić information content (AvgIpc) is 2.26. The highest BCUT2D eigenvalue weighted by molar-refractivity contribution is 6.32. The van der Waals surface area contributed by atoms with E-state index in [-0.39, 0.29) is 6.61 Å². The molecule has 3 nitrogen and oxygen atoms in total. The fourth-order valence-electron chi connectivity index (χ4n) is 1.11. The molecule has 102 valence electrons. The van der Waals surface area contributed by atoms with Crippen LogP contribution in [0.25, 0.3) is 0 Å². The van der Waals surface area contributed by atoms with Crippen molar-refractivity contribution in [3.8, 4) is 5.75 Å². The zero-order valence-electron chi connectivity index (χ0n) is 9.28. The van der Waals surface area contributed by atoms with Crippen LogP contribution in [-0.4, -0.2) is 37.2 Å². The van der Waals surface area contributed by atoms with Gasteiger partial charge >= 0.3 is 6.18 Å². The zero-order valence-corrected chi connectivity index (χ0v) is 10.0. The number of hydrogen-bond acceptors (Lipinski definition) is 3. The number of aliphatic hydroxyl groups is 1. The number of rotatable bonds is 6. The van der Waals surface area contributed by atoms with Crippen molar-refractivity contribution in [1.82, 2.24) is 0 Å². The third-order valence-corrected chi connectivity index (χ3v) is 2.16. The fourth-order valence-corrected chi connectivity index (χ4v) is 1.30. The van der Waals surface area contributed by atoms with Crippen LogP contribution in [0.3, 0.4) is 0 Å². The maximum Gasteiger partial charge on any atom is 0.411 e. The van der Waals surface area contributed by atoms with Crippen molar-refractivity contribution in [2.75, 3.05) is 19.8 Å². The molecule has 0 bridgehead atoms. The maximum atomic E-state index is 11.8. The predicted octanol–water partition coefficient (Wildman–Crippen LogP) is 2.66. The van der Waals surface area contributed by atoms with Crippen LogP contribution in [0.1, 0.15) is 0 Å². The SMILES string of the molecule is OC(COCC(F)(F)F)COc1ccccc1Cl. The molecule has 0 aliphatic rings. The van der Waals surface area contributed by atoms with Crippen LogP contribution in [0.4, 0.5) is 13.2 Å². The van der Waals surface area contributed by atoms with Crippen molar-refractivity contribution >= 4 is 11.6 Å². The molecule has 1 unspecified atom stereocenters. The second-order valence-corrected chi connectivity index (χ2v) is 3.93. The Labute approximate surface area is 107 Å². The number of alkyl halides is 3. The van der Waals surface area contributed by atoms with Crippen LogP contribution in [0, 0.1) is 0 Å². The first-order chi connectivity index (χ1) is 8.38. The minimum absolute atomic E-state index is 0.193. The Balaban J connectivity index is 2.25. The van der Waals surface area contributed by atoms with E-state index in [1.165, 1.54) is 0 Å². The molecule has 1 N–H and O–H groups in total. The molecule has 0 aliphatic heterocycles. The number of para-hydroxylation sites is 1. The number of halogens is 4. The molecule has 0 saturated heterocycles. The number of aliphatic hydroxyl groups excluding tert-OH is 1. The third kappa shape index (κ3) is 6.09. The number of ether oxygens (including phenoxy) is 2. The van der Waals surface area contributed by atoms with Crippen molar-refractivity contribution in [2.24, 2.45) is 0 Å². The second kappa shape index (κ2) is 6.82. The molecular weight excluding hydrogens is 273 g/mol. The van der Waals surface area contributed by atoms with Crippen molar-refractivity contribution in [3.05, 3.63) is 29.3 Å². The lowest BCUT2D eigenvalue weighted by Gasteiger charge is -2.14. The van der Waals surface area contributed by atoms with E-state index < -0.39 is 25.5 Å². The van der Waals surface area contributed by atoms with Gasteiger partial charge in [0.25, 0.3) is 0 Å². The van der Waals surface area contributed by atoms with Gasteiger partial charge in [-0.1, -0.05) is 23.7 Å². The van der Waals surface area contributed by atoms with E-state index in [1.807, 2.05) is 0 Å². The Hall–Kier alpha value is -0.980. The molecular formula is C11H12ClF3O3. The van der Waals surface area contributed by atoms with Crippen LogP contribution in [0.15, 0.2) is 24.3 Å². The van der Waals surface area contributed by atoms with Gasteiger partial charge in [-0.05, 0) is 12.1 Å². The number of hydrogen-bond donors (Lipinski definition) is 1. The summed E-state index contributed by atoms with van der Waals surface area (Å²) in [6, 6.07) is 6.58. The van der Waals surface area contributed by atoms with Gasteiger partial charge in [-0.15, -0.1) is 0 Å². The molecule has 0 amide bonds. The molecule has 0 spiro atoms. The first kappa shape index (κ1) is 15.1. The summed E-state index contributed by atoms with van der Waals surface area (Å²) in [5.41, 5.74) is 0. The van der Waals surface area contributed by atoms with E-state index in [9.17, 15) is 18.3 Å². The van der Waals surface area contributed by atoms with Crippen molar-refractivity contribution in [3.63, 3.8) is 0 Å². The highest BCUT2D eigenvalue weighted by atomic mass is 35.5. The molecule has 0 fully saturated rings. The Bertz CT molecular complexity index is 371.